The van der Waals surface area contributed by atoms with Crippen molar-refractivity contribution in [2.24, 2.45) is 0 Å². The third-order valence-corrected chi connectivity index (χ3v) is 5.71. The average molecular weight is 393 g/mol. The van der Waals surface area contributed by atoms with Crippen LogP contribution in [-0.4, -0.2) is 30.7 Å². The van der Waals surface area contributed by atoms with E-state index in [4.69, 9.17) is 0 Å². The molecular weight excluding hydrogens is 365 g/mol. The summed E-state index contributed by atoms with van der Waals surface area (Å²) in [5.41, 5.74) is 4.73. The van der Waals surface area contributed by atoms with Crippen LogP contribution >= 0.6 is 9.24 Å². The predicted molar refractivity (Wildman–Crippen MR) is 122 cm³/mol. The van der Waals surface area contributed by atoms with Gasteiger partial charge in [-0.3, -0.25) is 9.69 Å². The van der Waals surface area contributed by atoms with Crippen molar-refractivity contribution in [3.05, 3.63) is 60.4 Å². The van der Waals surface area contributed by atoms with Gasteiger partial charge in [-0.05, 0) is 36.2 Å². The monoisotopic (exact) mass is 393 g/mol. The lowest BCUT2D eigenvalue weighted by molar-refractivity contribution is 0.0984. The number of anilines is 2. The van der Waals surface area contributed by atoms with Crippen LogP contribution in [0.4, 0.5) is 11.4 Å². The number of nitrogens with zero attached hydrogens (tertiary/aromatic N) is 2. The van der Waals surface area contributed by atoms with Crippen molar-refractivity contribution >= 4 is 37.3 Å². The maximum Gasteiger partial charge on any atom is 0.259 e. The van der Waals surface area contributed by atoms with Crippen LogP contribution in [-0.2, 0) is 0 Å². The first-order valence-electron chi connectivity index (χ1n) is 9.70. The topological polar surface area (TPSA) is 35.6 Å². The zero-order valence-corrected chi connectivity index (χ0v) is 18.0. The van der Waals surface area contributed by atoms with Crippen LogP contribution in [0.3, 0.4) is 0 Å². The van der Waals surface area contributed by atoms with Gasteiger partial charge in [0.05, 0.1) is 17.3 Å². The Bertz CT molecular complexity index is 1000. The number of piperidine rings is 1. The van der Waals surface area contributed by atoms with E-state index < -0.39 is 0 Å². The molecule has 2 atom stereocenters. The second-order valence-electron chi connectivity index (χ2n) is 8.66. The number of carbonyl (C=O) groups is 1. The van der Waals surface area contributed by atoms with Gasteiger partial charge in [-0.15, -0.1) is 9.24 Å². The maximum absolute atomic E-state index is 13.3. The molecule has 1 N–H and O–H groups in total. The summed E-state index contributed by atoms with van der Waals surface area (Å²) in [6.45, 7) is 13.5. The van der Waals surface area contributed by atoms with Gasteiger partial charge in [0.15, 0.2) is 0 Å². The summed E-state index contributed by atoms with van der Waals surface area (Å²) in [6.07, 6.45) is 1.69. The third kappa shape index (κ3) is 3.10. The molecule has 0 saturated carbocycles. The number of rotatable bonds is 4. The lowest BCUT2D eigenvalue weighted by Gasteiger charge is -2.35. The average Bonchev–Trinajstić information content (AvgIpc) is 2.88. The summed E-state index contributed by atoms with van der Waals surface area (Å²) in [4.78, 5) is 17.5. The standard InChI is InChI=1S/C23H28N3OP/c1-14-9-11-18(15(2)24-14)26-20-8-6-7-16-19(25(5)13-23(3,4)28)12-10-17(21(16)20)22(26)27/h6-8,10,12,18,24H,1-2,9,11,13,28H2,3-5H3. The van der Waals surface area contributed by atoms with Crippen molar-refractivity contribution in [1.29, 1.82) is 0 Å². The fourth-order valence-corrected chi connectivity index (χ4v) is 4.75. The number of allylic oxidation sites excluding steroid dienone is 1. The highest BCUT2D eigenvalue weighted by molar-refractivity contribution is 7.18. The minimum atomic E-state index is -0.0526. The Morgan fingerprint density at radius 1 is 1.29 bits per heavy atom. The highest BCUT2D eigenvalue weighted by atomic mass is 31.0. The SMILES string of the molecule is C=C1CCC(N2C(=O)c3ccc(N(C)CC(C)(C)P)c4cccc2c34)C(=C)N1. The van der Waals surface area contributed by atoms with E-state index in [0.717, 1.165) is 58.5 Å². The molecule has 0 bridgehead atoms. The van der Waals surface area contributed by atoms with E-state index in [1.165, 1.54) is 0 Å². The Morgan fingerprint density at radius 3 is 2.71 bits per heavy atom. The minimum Gasteiger partial charge on any atom is -0.373 e. The minimum absolute atomic E-state index is 0.0526. The zero-order chi connectivity index (χ0) is 20.2. The van der Waals surface area contributed by atoms with E-state index in [1.807, 2.05) is 17.0 Å². The molecule has 0 spiro atoms. The van der Waals surface area contributed by atoms with E-state index in [0.29, 0.717) is 0 Å². The van der Waals surface area contributed by atoms with Crippen LogP contribution in [0.1, 0.15) is 37.0 Å². The van der Waals surface area contributed by atoms with Gasteiger partial charge in [0.1, 0.15) is 0 Å². The molecule has 1 fully saturated rings. The zero-order valence-electron chi connectivity index (χ0n) is 16.9. The Hall–Kier alpha value is -2.32. The molecule has 2 aliphatic rings. The van der Waals surface area contributed by atoms with Crippen molar-refractivity contribution in [2.75, 3.05) is 23.4 Å². The summed E-state index contributed by atoms with van der Waals surface area (Å²) in [7, 11) is 5.02. The van der Waals surface area contributed by atoms with Gasteiger partial charge in [0, 0.05) is 41.4 Å². The van der Waals surface area contributed by atoms with Crippen molar-refractivity contribution in [2.45, 2.75) is 37.9 Å². The number of nitrogens with one attached hydrogen (secondary N) is 1. The smallest absolute Gasteiger partial charge is 0.259 e. The molecule has 146 valence electrons. The van der Waals surface area contributed by atoms with E-state index in [2.05, 4.69) is 71.7 Å². The predicted octanol–water partition coefficient (Wildman–Crippen LogP) is 4.67. The Balaban J connectivity index is 1.81. The van der Waals surface area contributed by atoms with Crippen LogP contribution in [0.15, 0.2) is 54.9 Å². The Labute approximate surface area is 169 Å². The molecular formula is C23H28N3OP. The quantitative estimate of drug-likeness (QED) is 0.767. The van der Waals surface area contributed by atoms with Crippen molar-refractivity contribution in [3.8, 4) is 0 Å². The molecule has 2 aromatic carbocycles. The van der Waals surface area contributed by atoms with E-state index >= 15 is 0 Å². The molecule has 2 aliphatic heterocycles. The number of hydrogen-bond acceptors (Lipinski definition) is 3. The summed E-state index contributed by atoms with van der Waals surface area (Å²) >= 11 is 0. The molecule has 28 heavy (non-hydrogen) atoms. The normalized spacial score (nSPS) is 19.4. The molecule has 4 rings (SSSR count). The van der Waals surface area contributed by atoms with Gasteiger partial charge < -0.3 is 10.2 Å². The molecule has 2 aromatic rings. The highest BCUT2D eigenvalue weighted by Gasteiger charge is 2.38. The summed E-state index contributed by atoms with van der Waals surface area (Å²) in [5.74, 6) is 0.0623. The van der Waals surface area contributed by atoms with Crippen LogP contribution in [0.5, 0.6) is 0 Å². The molecule has 1 saturated heterocycles. The largest absolute Gasteiger partial charge is 0.373 e. The van der Waals surface area contributed by atoms with Crippen molar-refractivity contribution < 1.29 is 4.79 Å². The first-order valence-corrected chi connectivity index (χ1v) is 10.3. The van der Waals surface area contributed by atoms with E-state index in [1.54, 1.807) is 0 Å². The molecule has 0 aliphatic carbocycles. The van der Waals surface area contributed by atoms with Gasteiger partial charge in [0.2, 0.25) is 0 Å². The lowest BCUT2D eigenvalue weighted by atomic mass is 10.00. The molecule has 4 nitrogen and oxygen atoms in total. The Kier molecular flexibility index (Phi) is 4.50. The van der Waals surface area contributed by atoms with E-state index in [9.17, 15) is 4.79 Å². The first-order chi connectivity index (χ1) is 13.2. The van der Waals surface area contributed by atoms with Gasteiger partial charge in [-0.1, -0.05) is 39.1 Å². The van der Waals surface area contributed by atoms with Crippen LogP contribution in [0.25, 0.3) is 10.8 Å². The molecule has 2 unspecified atom stereocenters. The maximum atomic E-state index is 13.3. The number of benzene rings is 2. The van der Waals surface area contributed by atoms with Crippen LogP contribution in [0, 0.1) is 0 Å². The molecule has 2 heterocycles. The van der Waals surface area contributed by atoms with Crippen molar-refractivity contribution in [3.63, 3.8) is 0 Å². The summed E-state index contributed by atoms with van der Waals surface area (Å²) in [6, 6.07) is 10.2. The van der Waals surface area contributed by atoms with Crippen LogP contribution < -0.4 is 15.1 Å². The van der Waals surface area contributed by atoms with Gasteiger partial charge in [-0.25, -0.2) is 0 Å². The first kappa shape index (κ1) is 19.0. The second-order valence-corrected chi connectivity index (χ2v) is 10.2. The van der Waals surface area contributed by atoms with Gasteiger partial charge >= 0.3 is 0 Å². The summed E-state index contributed by atoms with van der Waals surface area (Å²) < 4.78 is 0. The molecule has 0 aromatic heterocycles. The summed E-state index contributed by atoms with van der Waals surface area (Å²) in [5, 5.41) is 5.53. The Morgan fingerprint density at radius 2 is 2.04 bits per heavy atom. The molecule has 1 amide bonds. The van der Waals surface area contributed by atoms with Crippen LogP contribution in [0.2, 0.25) is 0 Å². The molecule has 5 heteroatoms. The van der Waals surface area contributed by atoms with Gasteiger partial charge in [-0.2, -0.15) is 0 Å². The lowest BCUT2D eigenvalue weighted by Crippen LogP contribution is -2.44. The third-order valence-electron chi connectivity index (χ3n) is 5.53. The fourth-order valence-electron chi connectivity index (χ4n) is 4.47. The van der Waals surface area contributed by atoms with E-state index in [-0.39, 0.29) is 17.1 Å². The second kappa shape index (κ2) is 6.63. The number of amides is 1. The fraction of sp³-hybridized carbons (Fsp3) is 0.348. The van der Waals surface area contributed by atoms with Crippen molar-refractivity contribution in [1.82, 2.24) is 5.32 Å². The highest BCUT2D eigenvalue weighted by Crippen LogP contribution is 2.44. The number of carbonyl (C=O) groups excluding carboxylic acids is 1. The molecule has 0 radical (unpaired) electrons. The van der Waals surface area contributed by atoms with Gasteiger partial charge in [0.25, 0.3) is 5.91 Å². The number of hydrogen-bond donors (Lipinski definition) is 1.